The largest absolute Gasteiger partial charge is 0.497 e. The topological polar surface area (TPSA) is 75.6 Å². The van der Waals surface area contributed by atoms with Crippen molar-refractivity contribution in [2.45, 2.75) is 37.1 Å². The Balaban J connectivity index is 2.41. The van der Waals surface area contributed by atoms with Crippen molar-refractivity contribution in [3.8, 4) is 5.75 Å². The van der Waals surface area contributed by atoms with E-state index in [0.29, 0.717) is 12.2 Å². The maximum atomic E-state index is 11.8. The second-order valence-electron chi connectivity index (χ2n) is 4.81. The van der Waals surface area contributed by atoms with Crippen molar-refractivity contribution < 1.29 is 19.4 Å². The van der Waals surface area contributed by atoms with Gasteiger partial charge in [0.2, 0.25) is 5.91 Å². The third kappa shape index (κ3) is 5.30. The highest BCUT2D eigenvalue weighted by atomic mass is 32.2. The van der Waals surface area contributed by atoms with Gasteiger partial charge in [0, 0.05) is 17.1 Å². The molecule has 0 aliphatic carbocycles. The molecular formula is C15H21NO4S. The van der Waals surface area contributed by atoms with E-state index in [1.165, 1.54) is 6.92 Å². The summed E-state index contributed by atoms with van der Waals surface area (Å²) < 4.78 is 5.07. The van der Waals surface area contributed by atoms with Crippen LogP contribution in [0.15, 0.2) is 29.2 Å². The summed E-state index contributed by atoms with van der Waals surface area (Å²) in [5.41, 5.74) is -1.19. The van der Waals surface area contributed by atoms with E-state index in [-0.39, 0.29) is 12.3 Å². The number of hydrogen-bond acceptors (Lipinski definition) is 4. The molecule has 0 radical (unpaired) electrons. The fourth-order valence-electron chi connectivity index (χ4n) is 1.60. The van der Waals surface area contributed by atoms with Crippen LogP contribution < -0.4 is 10.1 Å². The summed E-state index contributed by atoms with van der Waals surface area (Å²) in [5, 5.41) is 11.7. The zero-order chi connectivity index (χ0) is 15.9. The fraction of sp³-hybridized carbons (Fsp3) is 0.467. The number of nitrogens with one attached hydrogen (secondary N) is 1. The van der Waals surface area contributed by atoms with Gasteiger partial charge in [-0.3, -0.25) is 4.79 Å². The molecule has 1 rings (SSSR count). The molecule has 6 heteroatoms. The maximum Gasteiger partial charge on any atom is 0.329 e. The van der Waals surface area contributed by atoms with Crippen LogP contribution in [0.1, 0.15) is 26.7 Å². The molecular weight excluding hydrogens is 290 g/mol. The Morgan fingerprint density at radius 2 is 1.95 bits per heavy atom. The Hall–Kier alpha value is -1.69. The van der Waals surface area contributed by atoms with Crippen LogP contribution in [0.2, 0.25) is 0 Å². The van der Waals surface area contributed by atoms with Crippen LogP contribution in [-0.4, -0.2) is 35.4 Å². The molecule has 0 fully saturated rings. The van der Waals surface area contributed by atoms with Gasteiger partial charge in [-0.15, -0.1) is 11.8 Å². The van der Waals surface area contributed by atoms with E-state index in [2.05, 4.69) is 5.32 Å². The number of benzene rings is 1. The van der Waals surface area contributed by atoms with Crippen LogP contribution >= 0.6 is 11.8 Å². The Morgan fingerprint density at radius 1 is 1.33 bits per heavy atom. The number of carbonyl (C=O) groups excluding carboxylic acids is 1. The van der Waals surface area contributed by atoms with Crippen molar-refractivity contribution in [1.29, 1.82) is 0 Å². The van der Waals surface area contributed by atoms with Crippen molar-refractivity contribution in [2.75, 3.05) is 12.9 Å². The lowest BCUT2D eigenvalue weighted by atomic mass is 9.99. The van der Waals surface area contributed by atoms with E-state index >= 15 is 0 Å². The molecule has 1 amide bonds. The second kappa shape index (κ2) is 7.93. The third-order valence-corrected chi connectivity index (χ3v) is 4.27. The van der Waals surface area contributed by atoms with Crippen LogP contribution in [0.5, 0.6) is 5.75 Å². The van der Waals surface area contributed by atoms with Gasteiger partial charge >= 0.3 is 5.97 Å². The van der Waals surface area contributed by atoms with Crippen LogP contribution in [0, 0.1) is 0 Å². The van der Waals surface area contributed by atoms with Crippen molar-refractivity contribution in [2.24, 2.45) is 0 Å². The number of methoxy groups -OCH3 is 1. The number of amides is 1. The molecule has 5 nitrogen and oxygen atoms in total. The molecule has 1 unspecified atom stereocenters. The first-order valence-corrected chi connectivity index (χ1v) is 7.71. The molecule has 21 heavy (non-hydrogen) atoms. The van der Waals surface area contributed by atoms with Crippen LogP contribution in [0.3, 0.4) is 0 Å². The minimum absolute atomic E-state index is 0.247. The first-order valence-electron chi connectivity index (χ1n) is 6.72. The molecule has 1 atom stereocenters. The lowest BCUT2D eigenvalue weighted by molar-refractivity contribution is -0.146. The predicted octanol–water partition coefficient (Wildman–Crippen LogP) is 2.55. The number of carboxylic acids is 1. The lowest BCUT2D eigenvalue weighted by Gasteiger charge is -2.24. The summed E-state index contributed by atoms with van der Waals surface area (Å²) >= 11 is 1.55. The summed E-state index contributed by atoms with van der Waals surface area (Å²) in [4.78, 5) is 24.0. The van der Waals surface area contributed by atoms with Gasteiger partial charge in [-0.2, -0.15) is 0 Å². The number of thioether (sulfide) groups is 1. The van der Waals surface area contributed by atoms with Gasteiger partial charge < -0.3 is 15.2 Å². The van der Waals surface area contributed by atoms with E-state index in [4.69, 9.17) is 9.84 Å². The lowest BCUT2D eigenvalue weighted by Crippen LogP contribution is -2.51. The van der Waals surface area contributed by atoms with E-state index in [1.807, 2.05) is 24.3 Å². The second-order valence-corrected chi connectivity index (χ2v) is 5.98. The quantitative estimate of drug-likeness (QED) is 0.722. The van der Waals surface area contributed by atoms with Gasteiger partial charge in [-0.25, -0.2) is 4.79 Å². The Kier molecular flexibility index (Phi) is 6.55. The number of ether oxygens (including phenoxy) is 1. The van der Waals surface area contributed by atoms with Crippen molar-refractivity contribution in [3.05, 3.63) is 24.3 Å². The van der Waals surface area contributed by atoms with Crippen LogP contribution in [-0.2, 0) is 9.59 Å². The SMILES string of the molecule is CCC(C)(NC(=O)CCSc1ccc(OC)cc1)C(=O)O. The minimum atomic E-state index is -1.19. The van der Waals surface area contributed by atoms with E-state index in [1.54, 1.807) is 25.8 Å². The van der Waals surface area contributed by atoms with Gasteiger partial charge in [0.15, 0.2) is 0 Å². The molecule has 0 spiro atoms. The highest BCUT2D eigenvalue weighted by Crippen LogP contribution is 2.22. The highest BCUT2D eigenvalue weighted by molar-refractivity contribution is 7.99. The molecule has 116 valence electrons. The summed E-state index contributed by atoms with van der Waals surface area (Å²) in [7, 11) is 1.61. The zero-order valence-electron chi connectivity index (χ0n) is 12.5. The molecule has 1 aromatic carbocycles. The molecule has 0 bridgehead atoms. The average Bonchev–Trinajstić information content (AvgIpc) is 2.47. The number of aliphatic carboxylic acids is 1. The smallest absolute Gasteiger partial charge is 0.329 e. The Bertz CT molecular complexity index is 489. The fourth-order valence-corrected chi connectivity index (χ4v) is 2.45. The monoisotopic (exact) mass is 311 g/mol. The standard InChI is InChI=1S/C15H21NO4S/c1-4-15(2,14(18)19)16-13(17)9-10-21-12-7-5-11(20-3)6-8-12/h5-8H,4,9-10H2,1-3H3,(H,16,17)(H,18,19). The van der Waals surface area contributed by atoms with Crippen LogP contribution in [0.4, 0.5) is 0 Å². The zero-order valence-corrected chi connectivity index (χ0v) is 13.3. The molecule has 0 saturated heterocycles. The molecule has 0 aliphatic rings. The van der Waals surface area contributed by atoms with Gasteiger partial charge in [0.05, 0.1) is 7.11 Å². The summed E-state index contributed by atoms with van der Waals surface area (Å²) in [5.74, 6) is 0.124. The molecule has 0 heterocycles. The molecule has 2 N–H and O–H groups in total. The first-order chi connectivity index (χ1) is 9.91. The summed E-state index contributed by atoms with van der Waals surface area (Å²) in [6.45, 7) is 3.25. The molecule has 0 saturated carbocycles. The summed E-state index contributed by atoms with van der Waals surface area (Å²) in [6.07, 6.45) is 0.624. The normalized spacial score (nSPS) is 13.3. The summed E-state index contributed by atoms with van der Waals surface area (Å²) in [6, 6.07) is 7.57. The maximum absolute atomic E-state index is 11.8. The Morgan fingerprint density at radius 3 is 2.43 bits per heavy atom. The average molecular weight is 311 g/mol. The van der Waals surface area contributed by atoms with Crippen molar-refractivity contribution in [3.63, 3.8) is 0 Å². The molecule has 0 aliphatic heterocycles. The van der Waals surface area contributed by atoms with E-state index in [0.717, 1.165) is 10.6 Å². The van der Waals surface area contributed by atoms with Crippen LogP contribution in [0.25, 0.3) is 0 Å². The molecule has 0 aromatic heterocycles. The van der Waals surface area contributed by atoms with E-state index < -0.39 is 11.5 Å². The number of hydrogen-bond donors (Lipinski definition) is 2. The minimum Gasteiger partial charge on any atom is -0.497 e. The van der Waals surface area contributed by atoms with Crippen molar-refractivity contribution >= 4 is 23.6 Å². The van der Waals surface area contributed by atoms with Gasteiger partial charge in [0.1, 0.15) is 11.3 Å². The predicted molar refractivity (Wildman–Crippen MR) is 82.8 cm³/mol. The highest BCUT2D eigenvalue weighted by Gasteiger charge is 2.32. The first kappa shape index (κ1) is 17.4. The number of rotatable bonds is 8. The van der Waals surface area contributed by atoms with E-state index in [9.17, 15) is 9.59 Å². The third-order valence-electron chi connectivity index (χ3n) is 3.25. The number of carboxylic acid groups (broad SMARTS) is 1. The molecule has 1 aromatic rings. The van der Waals surface area contributed by atoms with Gasteiger partial charge in [-0.05, 0) is 37.6 Å². The number of carbonyl (C=O) groups is 2. The van der Waals surface area contributed by atoms with Crippen molar-refractivity contribution in [1.82, 2.24) is 5.32 Å². The van der Waals surface area contributed by atoms with Gasteiger partial charge in [-0.1, -0.05) is 6.92 Å². The Labute approximate surface area is 129 Å². The van der Waals surface area contributed by atoms with Gasteiger partial charge in [0.25, 0.3) is 0 Å².